The lowest BCUT2D eigenvalue weighted by Gasteiger charge is -2.46. The minimum atomic E-state index is -0.571. The molecule has 2 aliphatic heterocycles. The van der Waals surface area contributed by atoms with Gasteiger partial charge in [0.2, 0.25) is 0 Å². The maximum atomic E-state index is 9.94. The van der Waals surface area contributed by atoms with Crippen LogP contribution in [0.4, 0.5) is 34.1 Å². The van der Waals surface area contributed by atoms with E-state index in [0.29, 0.717) is 38.9 Å². The molecule has 6 heteroatoms. The van der Waals surface area contributed by atoms with Gasteiger partial charge in [0, 0.05) is 88.9 Å². The van der Waals surface area contributed by atoms with Crippen molar-refractivity contribution in [2.75, 3.05) is 9.80 Å². The molecular weight excluding hydrogens is 1140 g/mol. The first kappa shape index (κ1) is 43.0. The molecule has 0 saturated carbocycles. The molecule has 0 atom stereocenters. The molecule has 0 radical (unpaired) electrons. The first-order valence-corrected chi connectivity index (χ1v) is 31.8. The van der Waals surface area contributed by atoms with Gasteiger partial charge in [-0.3, -0.25) is 0 Å². The predicted octanol–water partition coefficient (Wildman–Crippen LogP) is 21.4. The number of hydrogen-bond donors (Lipinski definition) is 0. The molecule has 0 aliphatic carbocycles. The van der Waals surface area contributed by atoms with Crippen molar-refractivity contribution in [3.63, 3.8) is 0 Å². The molecule has 0 spiro atoms. The second kappa shape index (κ2) is 20.8. The number of hydrogen-bond acceptors (Lipinski definition) is 2. The number of para-hydroxylation sites is 6. The summed E-state index contributed by atoms with van der Waals surface area (Å²) in [6, 6.07) is 80.8. The van der Waals surface area contributed by atoms with Crippen LogP contribution >= 0.6 is 0 Å². The highest BCUT2D eigenvalue weighted by atomic mass is 15.2. The topological polar surface area (TPSA) is 21.3 Å². The summed E-state index contributed by atoms with van der Waals surface area (Å²) < 4.78 is 119. The summed E-state index contributed by atoms with van der Waals surface area (Å²) >= 11 is 0. The van der Waals surface area contributed by atoms with Crippen molar-refractivity contribution in [3.8, 4) is 50.4 Å². The second-order valence-corrected chi connectivity index (χ2v) is 25.5. The van der Waals surface area contributed by atoms with Gasteiger partial charge in [-0.05, 0) is 147 Å². The SMILES string of the molecule is [2H]c1c([2H])c([2H])c2c(c1[2H])c1cc(-n3c4ccccc4c4ccccc43)ccc1n2-c1ccc2c(c1)N(c1cccc(-c3ccccc3)c1)c1cc(C(C)(C)C)cc3c1B2c1ccc(-n2c4c([2H])c([2H])c([2H])c([2H])c4c4c([2H])c([2H])c([2H])c([2H])c42)cc1N3c1c(-c2ccccc2)cccc1-c1ccccc1. The smallest absolute Gasteiger partial charge is 0.252 e. The summed E-state index contributed by atoms with van der Waals surface area (Å²) in [5, 5.41) is 3.15. The minimum Gasteiger partial charge on any atom is -0.311 e. The lowest BCUT2D eigenvalue weighted by atomic mass is 9.33. The minimum absolute atomic E-state index is 0.00412. The zero-order chi connectivity index (χ0) is 72.8. The molecule has 14 aromatic carbocycles. The van der Waals surface area contributed by atoms with Gasteiger partial charge in [-0.25, -0.2) is 0 Å². The van der Waals surface area contributed by atoms with E-state index in [1.165, 1.54) is 0 Å². The molecule has 0 saturated heterocycles. The van der Waals surface area contributed by atoms with Crippen molar-refractivity contribution in [2.45, 2.75) is 26.2 Å². The summed E-state index contributed by atoms with van der Waals surface area (Å²) in [6.45, 7) is 6.06. The number of anilines is 6. The van der Waals surface area contributed by atoms with Crippen LogP contribution in [0.2, 0.25) is 0 Å². The first-order chi connectivity index (χ1) is 51.3. The summed E-state index contributed by atoms with van der Waals surface area (Å²) in [6.07, 6.45) is 0. The second-order valence-electron chi connectivity index (χ2n) is 25.5. The molecule has 0 unspecified atom stereocenters. The van der Waals surface area contributed by atoms with E-state index in [1.54, 1.807) is 4.57 Å². The Morgan fingerprint density at radius 3 is 1.29 bits per heavy atom. The standard InChI is InChI=1S/C88H62BN5/c1-88(2,3)61-52-84-86-85(53-61)94(87-66(58-27-9-5-10-28-58)38-24-39-67(87)59-29-11-6-12-30-59)83-56-65(91-78-42-20-15-35-70(78)71-36-16-21-43-79(71)91)46-49-75(83)89(86)74-48-45-64(55-82(74)93(84)62-32-23-31-60(51-62)57-25-7-4-8-26-57)92-80-44-22-17-37-72(80)73-54-63(47-50-81(73)92)90-76-40-18-13-33-68(76)69-34-14-19-41-77(69)90/h4-56H,1-3H3/i15D,16D,17D,20D,21D,22D,35D,36D,37D,42D,43D,44D. The van der Waals surface area contributed by atoms with Crippen LogP contribution in [0, 0.1) is 0 Å². The van der Waals surface area contributed by atoms with Crippen molar-refractivity contribution < 1.29 is 16.4 Å². The predicted molar refractivity (Wildman–Crippen MR) is 398 cm³/mol. The molecule has 0 amide bonds. The fourth-order valence-electron chi connectivity index (χ4n) is 15.1. The van der Waals surface area contributed by atoms with E-state index in [4.69, 9.17) is 5.48 Å². The van der Waals surface area contributed by atoms with Crippen molar-refractivity contribution in [3.05, 3.63) is 327 Å². The lowest BCUT2D eigenvalue weighted by molar-refractivity contribution is 0.590. The van der Waals surface area contributed by atoms with Crippen molar-refractivity contribution >= 4 is 123 Å². The Balaban J connectivity index is 0.950. The van der Waals surface area contributed by atoms with Gasteiger partial charge in [0.15, 0.2) is 0 Å². The fraction of sp³-hybridized carbons (Fsp3) is 0.0455. The quantitative estimate of drug-likeness (QED) is 0.141. The zero-order valence-corrected chi connectivity index (χ0v) is 51.5. The van der Waals surface area contributed by atoms with E-state index >= 15 is 0 Å². The normalized spacial score (nSPS) is 14.6. The lowest BCUT2D eigenvalue weighted by Crippen LogP contribution is -2.61. The number of benzene rings is 14. The molecule has 19 rings (SSSR count). The van der Waals surface area contributed by atoms with Gasteiger partial charge in [-0.2, -0.15) is 0 Å². The Morgan fingerprint density at radius 1 is 0.298 bits per heavy atom. The Hall–Kier alpha value is -11.9. The zero-order valence-electron chi connectivity index (χ0n) is 63.5. The first-order valence-electron chi connectivity index (χ1n) is 37.8. The molecule has 442 valence electrons. The van der Waals surface area contributed by atoms with E-state index < -0.39 is 60.5 Å². The highest BCUT2D eigenvalue weighted by molar-refractivity contribution is 7.00. The largest absolute Gasteiger partial charge is 0.311 e. The van der Waals surface area contributed by atoms with Gasteiger partial charge >= 0.3 is 0 Å². The van der Waals surface area contributed by atoms with Crippen molar-refractivity contribution in [2.24, 2.45) is 0 Å². The highest BCUT2D eigenvalue weighted by Crippen LogP contribution is 2.52. The Kier molecular flexibility index (Phi) is 9.53. The average molecular weight is 1210 g/mol. The molecule has 94 heavy (non-hydrogen) atoms. The van der Waals surface area contributed by atoms with Crippen LogP contribution in [0.3, 0.4) is 0 Å². The van der Waals surface area contributed by atoms with Gasteiger partial charge in [-0.15, -0.1) is 0 Å². The van der Waals surface area contributed by atoms with Crippen LogP contribution in [-0.4, -0.2) is 20.4 Å². The molecular formula is C88H62BN5. The van der Waals surface area contributed by atoms with Crippen LogP contribution in [0.25, 0.3) is 116 Å². The summed E-state index contributed by atoms with van der Waals surface area (Å²) in [7, 11) is 0. The van der Waals surface area contributed by atoms with Gasteiger partial charge in [0.25, 0.3) is 6.71 Å². The molecule has 0 N–H and O–H groups in total. The summed E-state index contributed by atoms with van der Waals surface area (Å²) in [4.78, 5) is 4.71. The van der Waals surface area contributed by atoms with Gasteiger partial charge in [0.1, 0.15) is 0 Å². The van der Waals surface area contributed by atoms with Gasteiger partial charge in [-0.1, -0.05) is 245 Å². The van der Waals surface area contributed by atoms with Crippen LogP contribution < -0.4 is 26.2 Å². The number of rotatable bonds is 8. The molecule has 2 aliphatic rings. The third-order valence-electron chi connectivity index (χ3n) is 19.3. The molecule has 5 nitrogen and oxygen atoms in total. The molecule has 0 bridgehead atoms. The Morgan fingerprint density at radius 2 is 0.723 bits per heavy atom. The van der Waals surface area contributed by atoms with E-state index in [9.17, 15) is 11.0 Å². The van der Waals surface area contributed by atoms with E-state index in [1.807, 2.05) is 102 Å². The average Bonchev–Trinajstić information content (AvgIpc) is 1.13. The Labute approximate surface area is 563 Å². The molecule has 3 aromatic heterocycles. The van der Waals surface area contributed by atoms with E-state index in [-0.39, 0.29) is 46.0 Å². The van der Waals surface area contributed by atoms with Gasteiger partial charge in [0.05, 0.1) is 55.2 Å². The maximum Gasteiger partial charge on any atom is 0.252 e. The summed E-state index contributed by atoms with van der Waals surface area (Å²) in [5.41, 5.74) is 18.7. The van der Waals surface area contributed by atoms with Crippen molar-refractivity contribution in [1.29, 1.82) is 0 Å². The molecule has 0 fully saturated rings. The maximum absolute atomic E-state index is 9.94. The van der Waals surface area contributed by atoms with Crippen LogP contribution in [-0.2, 0) is 5.41 Å². The van der Waals surface area contributed by atoms with Crippen LogP contribution in [0.5, 0.6) is 0 Å². The van der Waals surface area contributed by atoms with E-state index in [0.717, 1.165) is 111 Å². The van der Waals surface area contributed by atoms with E-state index in [2.05, 4.69) is 187 Å². The highest BCUT2D eigenvalue weighted by Gasteiger charge is 2.45. The number of fused-ring (bicyclic) bond motifs is 13. The van der Waals surface area contributed by atoms with Crippen molar-refractivity contribution in [1.82, 2.24) is 13.7 Å². The molecule has 5 heterocycles. The fourth-order valence-corrected chi connectivity index (χ4v) is 15.1. The monoisotopic (exact) mass is 1210 g/mol. The van der Waals surface area contributed by atoms with Gasteiger partial charge < -0.3 is 23.5 Å². The Bertz CT molecular complexity index is 6490. The van der Waals surface area contributed by atoms with Crippen LogP contribution in [0.1, 0.15) is 42.8 Å². The third kappa shape index (κ3) is 8.15. The third-order valence-corrected chi connectivity index (χ3v) is 19.3. The molecule has 17 aromatic rings. The summed E-state index contributed by atoms with van der Waals surface area (Å²) in [5.74, 6) is 0. The number of nitrogens with zero attached hydrogens (tertiary/aromatic N) is 5. The number of aromatic nitrogens is 3. The van der Waals surface area contributed by atoms with Crippen LogP contribution in [0.15, 0.2) is 321 Å².